The largest absolute Gasteiger partial charge is 0.371 e. The fourth-order valence-corrected chi connectivity index (χ4v) is 4.82. The van der Waals surface area contributed by atoms with Crippen LogP contribution in [0.4, 0.5) is 11.6 Å². The summed E-state index contributed by atoms with van der Waals surface area (Å²) in [4.78, 5) is 28.7. The summed E-state index contributed by atoms with van der Waals surface area (Å²) in [6.45, 7) is 7.84. The van der Waals surface area contributed by atoms with Crippen LogP contribution in [0.1, 0.15) is 47.8 Å². The van der Waals surface area contributed by atoms with Crippen molar-refractivity contribution in [1.29, 1.82) is 0 Å². The maximum absolute atomic E-state index is 11.5. The molecule has 0 amide bonds. The average molecular weight is 406 g/mol. The molecule has 1 saturated carbocycles. The molecule has 1 aliphatic carbocycles. The highest BCUT2D eigenvalue weighted by Crippen LogP contribution is 2.27. The number of fused-ring (bicyclic) bond motifs is 1. The van der Waals surface area contributed by atoms with Crippen molar-refractivity contribution in [3.8, 4) is 0 Å². The van der Waals surface area contributed by atoms with E-state index in [1.807, 2.05) is 12.1 Å². The van der Waals surface area contributed by atoms with E-state index in [-0.39, 0.29) is 5.78 Å². The highest BCUT2D eigenvalue weighted by Gasteiger charge is 2.29. The van der Waals surface area contributed by atoms with Gasteiger partial charge >= 0.3 is 0 Å². The summed E-state index contributed by atoms with van der Waals surface area (Å²) in [6.07, 6.45) is 8.10. The van der Waals surface area contributed by atoms with E-state index >= 15 is 0 Å². The molecule has 5 rings (SSSR count). The Bertz CT molecular complexity index is 900. The third kappa shape index (κ3) is 3.93. The van der Waals surface area contributed by atoms with Gasteiger partial charge < -0.3 is 9.80 Å². The number of ketones is 1. The minimum atomic E-state index is 0.112. The average Bonchev–Trinajstić information content (AvgIpc) is 2.95. The number of carbonyl (C=O) groups excluding carboxylic acids is 1. The van der Waals surface area contributed by atoms with Crippen molar-refractivity contribution in [1.82, 2.24) is 14.9 Å². The first-order valence-corrected chi connectivity index (χ1v) is 11.4. The monoisotopic (exact) mass is 405 g/mol. The molecular weight excluding hydrogens is 374 g/mol. The van der Waals surface area contributed by atoms with Gasteiger partial charge in [-0.05, 0) is 56.0 Å². The molecule has 1 saturated heterocycles. The molecule has 2 fully saturated rings. The van der Waals surface area contributed by atoms with Gasteiger partial charge in [-0.25, -0.2) is 9.97 Å². The fraction of sp³-hybridized carbons (Fsp3) is 0.542. The van der Waals surface area contributed by atoms with E-state index in [1.165, 1.54) is 36.2 Å². The Morgan fingerprint density at radius 3 is 2.33 bits per heavy atom. The summed E-state index contributed by atoms with van der Waals surface area (Å²) >= 11 is 0. The number of benzene rings is 1. The predicted octanol–water partition coefficient (Wildman–Crippen LogP) is 2.96. The van der Waals surface area contributed by atoms with Gasteiger partial charge in [-0.2, -0.15) is 0 Å². The Hall–Kier alpha value is -2.47. The third-order valence-electron chi connectivity index (χ3n) is 7.04. The summed E-state index contributed by atoms with van der Waals surface area (Å²) in [5.74, 6) is 1.02. The van der Waals surface area contributed by atoms with Gasteiger partial charge in [0.25, 0.3) is 0 Å². The first kappa shape index (κ1) is 19.5. The van der Waals surface area contributed by atoms with Crippen LogP contribution in [0.15, 0.2) is 30.5 Å². The van der Waals surface area contributed by atoms with Crippen molar-refractivity contribution < 1.29 is 4.79 Å². The SMILES string of the molecule is CC(=O)c1ccc(N2CCc3cnc(N4CCN(C5CCC5)CC4)nc3CC2)cc1. The lowest BCUT2D eigenvalue weighted by atomic mass is 9.91. The predicted molar refractivity (Wildman–Crippen MR) is 120 cm³/mol. The lowest BCUT2D eigenvalue weighted by Gasteiger charge is -2.43. The second-order valence-electron chi connectivity index (χ2n) is 8.84. The molecule has 3 heterocycles. The maximum Gasteiger partial charge on any atom is 0.225 e. The van der Waals surface area contributed by atoms with Crippen LogP contribution in [0.25, 0.3) is 0 Å². The molecule has 2 aliphatic heterocycles. The third-order valence-corrected chi connectivity index (χ3v) is 7.04. The molecule has 2 aromatic rings. The van der Waals surface area contributed by atoms with E-state index in [9.17, 15) is 4.79 Å². The maximum atomic E-state index is 11.5. The van der Waals surface area contributed by atoms with Gasteiger partial charge in [-0.15, -0.1) is 0 Å². The van der Waals surface area contributed by atoms with Crippen LogP contribution in [-0.4, -0.2) is 66.0 Å². The fourth-order valence-electron chi connectivity index (χ4n) is 4.82. The van der Waals surface area contributed by atoms with E-state index in [1.54, 1.807) is 6.92 Å². The number of hydrogen-bond donors (Lipinski definition) is 0. The van der Waals surface area contributed by atoms with Crippen LogP contribution in [-0.2, 0) is 12.8 Å². The Kier molecular flexibility index (Phi) is 5.42. The normalized spacial score (nSPS) is 20.4. The molecule has 0 atom stereocenters. The molecule has 30 heavy (non-hydrogen) atoms. The summed E-state index contributed by atoms with van der Waals surface area (Å²) in [5.41, 5.74) is 4.41. The van der Waals surface area contributed by atoms with Gasteiger partial charge in [0, 0.05) is 69.2 Å². The first-order chi connectivity index (χ1) is 14.7. The topological polar surface area (TPSA) is 52.6 Å². The standard InChI is InChI=1S/C24H31N5O/c1-18(30)19-5-7-22(8-6-19)27-11-9-20-17-25-24(26-23(20)10-12-27)29-15-13-28(14-16-29)21-3-2-4-21/h5-8,17,21H,2-4,9-16H2,1H3. The summed E-state index contributed by atoms with van der Waals surface area (Å²) < 4.78 is 0. The van der Waals surface area contributed by atoms with Crippen LogP contribution in [0.3, 0.4) is 0 Å². The molecule has 0 bridgehead atoms. The number of carbonyl (C=O) groups is 1. The van der Waals surface area contributed by atoms with E-state index < -0.39 is 0 Å². The number of anilines is 2. The Morgan fingerprint density at radius 2 is 1.67 bits per heavy atom. The van der Waals surface area contributed by atoms with Crippen LogP contribution >= 0.6 is 0 Å². The number of hydrogen-bond acceptors (Lipinski definition) is 6. The highest BCUT2D eigenvalue weighted by atomic mass is 16.1. The van der Waals surface area contributed by atoms with Gasteiger partial charge in [-0.1, -0.05) is 6.42 Å². The Labute approximate surface area is 178 Å². The second-order valence-corrected chi connectivity index (χ2v) is 8.84. The molecule has 1 aromatic heterocycles. The van der Waals surface area contributed by atoms with Gasteiger partial charge in [-0.3, -0.25) is 9.69 Å². The van der Waals surface area contributed by atoms with Crippen molar-refractivity contribution in [2.75, 3.05) is 49.1 Å². The van der Waals surface area contributed by atoms with Crippen LogP contribution in [0, 0.1) is 0 Å². The Morgan fingerprint density at radius 1 is 0.933 bits per heavy atom. The quantitative estimate of drug-likeness (QED) is 0.729. The van der Waals surface area contributed by atoms with Crippen LogP contribution in [0.5, 0.6) is 0 Å². The summed E-state index contributed by atoms with van der Waals surface area (Å²) in [6, 6.07) is 8.81. The summed E-state index contributed by atoms with van der Waals surface area (Å²) in [5, 5.41) is 0. The molecule has 0 N–H and O–H groups in total. The van der Waals surface area contributed by atoms with Crippen LogP contribution < -0.4 is 9.80 Å². The van der Waals surface area contributed by atoms with Crippen molar-refractivity contribution in [2.45, 2.75) is 45.1 Å². The van der Waals surface area contributed by atoms with E-state index in [0.717, 1.165) is 69.7 Å². The zero-order chi connectivity index (χ0) is 20.5. The number of Topliss-reactive ketones (excluding diaryl/α,β-unsaturated/α-hetero) is 1. The van der Waals surface area contributed by atoms with Crippen molar-refractivity contribution >= 4 is 17.4 Å². The minimum absolute atomic E-state index is 0.112. The Balaban J connectivity index is 1.24. The molecule has 158 valence electrons. The van der Waals surface area contributed by atoms with Gasteiger partial charge in [0.1, 0.15) is 0 Å². The molecular formula is C24H31N5O. The van der Waals surface area contributed by atoms with Crippen molar-refractivity contribution in [3.05, 3.63) is 47.3 Å². The van der Waals surface area contributed by atoms with Crippen LogP contribution in [0.2, 0.25) is 0 Å². The molecule has 6 heteroatoms. The number of aromatic nitrogens is 2. The lowest BCUT2D eigenvalue weighted by molar-refractivity contribution is 0.101. The van der Waals surface area contributed by atoms with Crippen molar-refractivity contribution in [2.24, 2.45) is 0 Å². The minimum Gasteiger partial charge on any atom is -0.371 e. The number of piperazine rings is 1. The van der Waals surface area contributed by atoms with Crippen molar-refractivity contribution in [3.63, 3.8) is 0 Å². The molecule has 0 unspecified atom stereocenters. The van der Waals surface area contributed by atoms with Gasteiger partial charge in [0.2, 0.25) is 5.95 Å². The molecule has 6 nitrogen and oxygen atoms in total. The lowest BCUT2D eigenvalue weighted by Crippen LogP contribution is -2.52. The number of nitrogens with zero attached hydrogens (tertiary/aromatic N) is 5. The van der Waals surface area contributed by atoms with E-state index in [4.69, 9.17) is 9.97 Å². The molecule has 1 aromatic carbocycles. The summed E-state index contributed by atoms with van der Waals surface area (Å²) in [7, 11) is 0. The molecule has 0 spiro atoms. The zero-order valence-corrected chi connectivity index (χ0v) is 17.9. The smallest absolute Gasteiger partial charge is 0.225 e. The molecule has 3 aliphatic rings. The first-order valence-electron chi connectivity index (χ1n) is 11.4. The highest BCUT2D eigenvalue weighted by molar-refractivity contribution is 5.94. The zero-order valence-electron chi connectivity index (χ0n) is 17.9. The van der Waals surface area contributed by atoms with E-state index in [2.05, 4.69) is 33.0 Å². The van der Waals surface area contributed by atoms with E-state index in [0.29, 0.717) is 0 Å². The number of rotatable bonds is 4. The van der Waals surface area contributed by atoms with Gasteiger partial charge in [0.15, 0.2) is 5.78 Å². The van der Waals surface area contributed by atoms with Gasteiger partial charge in [0.05, 0.1) is 5.69 Å². The second kappa shape index (κ2) is 8.34. The molecule has 0 radical (unpaired) electrons.